The van der Waals surface area contributed by atoms with Gasteiger partial charge in [-0.25, -0.2) is 0 Å². The Kier molecular flexibility index (Phi) is 3.60. The lowest BCUT2D eigenvalue weighted by Gasteiger charge is -2.17. The minimum absolute atomic E-state index is 0.0375. The van der Waals surface area contributed by atoms with Gasteiger partial charge in [-0.15, -0.1) is 0 Å². The number of imide groups is 1. The largest absolute Gasteiger partial charge is 0.389 e. The Balaban J connectivity index is 2.51. The average Bonchev–Trinajstić information content (AvgIpc) is 2.33. The number of likely N-dealkylation sites (tertiary alicyclic amines) is 1. The van der Waals surface area contributed by atoms with Crippen LogP contribution in [0.1, 0.15) is 13.3 Å². The van der Waals surface area contributed by atoms with E-state index in [2.05, 4.69) is 0 Å². The van der Waals surface area contributed by atoms with Gasteiger partial charge in [0.25, 0.3) is 0 Å². The van der Waals surface area contributed by atoms with E-state index in [1.165, 1.54) is 7.11 Å². The van der Waals surface area contributed by atoms with Crippen molar-refractivity contribution in [3.63, 3.8) is 0 Å². The monoisotopic (exact) mass is 201 g/mol. The van der Waals surface area contributed by atoms with Gasteiger partial charge in [0.05, 0.1) is 19.3 Å². The van der Waals surface area contributed by atoms with Crippen LogP contribution in [0.15, 0.2) is 0 Å². The van der Waals surface area contributed by atoms with Crippen LogP contribution in [0.25, 0.3) is 0 Å². The third kappa shape index (κ3) is 2.30. The fourth-order valence-corrected chi connectivity index (χ4v) is 1.50. The molecule has 0 aliphatic carbocycles. The number of ether oxygens (including phenoxy) is 1. The summed E-state index contributed by atoms with van der Waals surface area (Å²) in [6.45, 7) is 1.88. The van der Waals surface area contributed by atoms with Crippen molar-refractivity contribution in [1.82, 2.24) is 4.90 Å². The molecule has 0 aromatic heterocycles. The first-order valence-corrected chi connectivity index (χ1v) is 4.57. The Bertz CT molecular complexity index is 241. The quantitative estimate of drug-likeness (QED) is 0.616. The molecule has 1 heterocycles. The van der Waals surface area contributed by atoms with Crippen molar-refractivity contribution < 1.29 is 19.4 Å². The molecule has 0 spiro atoms. The number of rotatable bonds is 4. The Hall–Kier alpha value is -0.940. The predicted molar refractivity (Wildman–Crippen MR) is 48.4 cm³/mol. The molecule has 1 saturated heterocycles. The lowest BCUT2D eigenvalue weighted by atomic mass is 10.1. The van der Waals surface area contributed by atoms with E-state index in [4.69, 9.17) is 4.74 Å². The number of aliphatic hydroxyl groups excluding tert-OH is 1. The molecule has 1 aliphatic heterocycles. The number of carbonyl (C=O) groups is 2. The first kappa shape index (κ1) is 11.1. The van der Waals surface area contributed by atoms with E-state index in [0.29, 0.717) is 0 Å². The first-order valence-electron chi connectivity index (χ1n) is 4.57. The highest BCUT2D eigenvalue weighted by Gasteiger charge is 2.36. The third-order valence-electron chi connectivity index (χ3n) is 2.22. The summed E-state index contributed by atoms with van der Waals surface area (Å²) in [4.78, 5) is 23.8. The number of methoxy groups -OCH3 is 1. The van der Waals surface area contributed by atoms with Gasteiger partial charge in [0, 0.05) is 19.4 Å². The highest BCUT2D eigenvalue weighted by atomic mass is 16.5. The van der Waals surface area contributed by atoms with Crippen LogP contribution in [0, 0.1) is 5.92 Å². The van der Waals surface area contributed by atoms with Crippen molar-refractivity contribution in [3.8, 4) is 0 Å². The van der Waals surface area contributed by atoms with Gasteiger partial charge < -0.3 is 9.84 Å². The van der Waals surface area contributed by atoms with Crippen LogP contribution in [0.2, 0.25) is 0 Å². The molecule has 2 atom stereocenters. The smallest absolute Gasteiger partial charge is 0.232 e. The van der Waals surface area contributed by atoms with Gasteiger partial charge in [0.15, 0.2) is 0 Å². The molecular weight excluding hydrogens is 186 g/mol. The minimum atomic E-state index is -0.793. The van der Waals surface area contributed by atoms with Crippen LogP contribution in [0.5, 0.6) is 0 Å². The highest BCUT2D eigenvalue weighted by molar-refractivity contribution is 6.03. The summed E-state index contributed by atoms with van der Waals surface area (Å²) >= 11 is 0. The molecule has 1 rings (SSSR count). The lowest BCUT2D eigenvalue weighted by molar-refractivity contribution is -0.141. The van der Waals surface area contributed by atoms with Gasteiger partial charge in [-0.2, -0.15) is 0 Å². The summed E-state index contributed by atoms with van der Waals surface area (Å²) in [6, 6.07) is 0. The second-order valence-corrected chi connectivity index (χ2v) is 3.56. The Morgan fingerprint density at radius 2 is 2.29 bits per heavy atom. The van der Waals surface area contributed by atoms with Crippen LogP contribution in [0.4, 0.5) is 0 Å². The maximum absolute atomic E-state index is 11.4. The maximum Gasteiger partial charge on any atom is 0.232 e. The van der Waals surface area contributed by atoms with E-state index >= 15 is 0 Å². The molecule has 2 unspecified atom stereocenters. The second kappa shape index (κ2) is 4.52. The van der Waals surface area contributed by atoms with Gasteiger partial charge in [-0.3, -0.25) is 14.5 Å². The average molecular weight is 201 g/mol. The number of amides is 2. The van der Waals surface area contributed by atoms with Gasteiger partial charge in [0.1, 0.15) is 0 Å². The molecule has 1 fully saturated rings. The van der Waals surface area contributed by atoms with Crippen LogP contribution in [-0.4, -0.2) is 48.2 Å². The molecule has 14 heavy (non-hydrogen) atoms. The molecule has 0 radical (unpaired) electrons. The number of nitrogens with zero attached hydrogens (tertiary/aromatic N) is 1. The van der Waals surface area contributed by atoms with Crippen LogP contribution in [-0.2, 0) is 14.3 Å². The number of carbonyl (C=O) groups excluding carboxylic acids is 2. The van der Waals surface area contributed by atoms with Crippen LogP contribution >= 0.6 is 0 Å². The topological polar surface area (TPSA) is 66.8 Å². The standard InChI is InChI=1S/C9H15NO4/c1-6-3-8(12)10(9(6)13)4-7(11)5-14-2/h6-7,11H,3-5H2,1-2H3. The summed E-state index contributed by atoms with van der Waals surface area (Å²) in [7, 11) is 1.46. The van der Waals surface area contributed by atoms with Crippen LogP contribution < -0.4 is 0 Å². The number of hydrogen-bond donors (Lipinski definition) is 1. The molecule has 5 nitrogen and oxygen atoms in total. The van der Waals surface area contributed by atoms with Crippen molar-refractivity contribution in [2.75, 3.05) is 20.3 Å². The number of aliphatic hydroxyl groups is 1. The summed E-state index contributed by atoms with van der Waals surface area (Å²) < 4.78 is 4.71. The van der Waals surface area contributed by atoms with E-state index in [-0.39, 0.29) is 37.3 Å². The van der Waals surface area contributed by atoms with Crippen molar-refractivity contribution >= 4 is 11.8 Å². The molecule has 5 heteroatoms. The molecular formula is C9H15NO4. The summed E-state index contributed by atoms with van der Waals surface area (Å²) in [5.41, 5.74) is 0. The van der Waals surface area contributed by atoms with E-state index in [0.717, 1.165) is 4.90 Å². The molecule has 0 saturated carbocycles. The summed E-state index contributed by atoms with van der Waals surface area (Å²) in [6.07, 6.45) is -0.545. The molecule has 1 N–H and O–H groups in total. The molecule has 80 valence electrons. The fraction of sp³-hybridized carbons (Fsp3) is 0.778. The normalized spacial score (nSPS) is 24.5. The Morgan fingerprint density at radius 3 is 2.71 bits per heavy atom. The molecule has 2 amide bonds. The van der Waals surface area contributed by atoms with Crippen molar-refractivity contribution in [2.45, 2.75) is 19.4 Å². The summed E-state index contributed by atoms with van der Waals surface area (Å²) in [5.74, 6) is -0.667. The second-order valence-electron chi connectivity index (χ2n) is 3.56. The lowest BCUT2D eigenvalue weighted by Crippen LogP contribution is -2.38. The predicted octanol–water partition coefficient (Wildman–Crippen LogP) is -0.611. The first-order chi connectivity index (χ1) is 6.56. The van der Waals surface area contributed by atoms with Gasteiger partial charge >= 0.3 is 0 Å². The van der Waals surface area contributed by atoms with E-state index in [1.54, 1.807) is 6.92 Å². The Labute approximate surface area is 82.6 Å². The maximum atomic E-state index is 11.4. The SMILES string of the molecule is COCC(O)CN1C(=O)CC(C)C1=O. The zero-order chi connectivity index (χ0) is 10.7. The molecule has 1 aliphatic rings. The molecule has 0 aromatic rings. The molecule has 0 aromatic carbocycles. The van der Waals surface area contributed by atoms with E-state index in [1.807, 2.05) is 0 Å². The highest BCUT2D eigenvalue weighted by Crippen LogP contribution is 2.18. The number of hydrogen-bond acceptors (Lipinski definition) is 4. The van der Waals surface area contributed by atoms with Crippen molar-refractivity contribution in [3.05, 3.63) is 0 Å². The zero-order valence-electron chi connectivity index (χ0n) is 8.40. The minimum Gasteiger partial charge on any atom is -0.389 e. The van der Waals surface area contributed by atoms with Crippen LogP contribution in [0.3, 0.4) is 0 Å². The van der Waals surface area contributed by atoms with Crippen molar-refractivity contribution in [2.24, 2.45) is 5.92 Å². The van der Waals surface area contributed by atoms with E-state index in [9.17, 15) is 14.7 Å². The zero-order valence-corrected chi connectivity index (χ0v) is 8.40. The van der Waals surface area contributed by atoms with Gasteiger partial charge in [-0.05, 0) is 0 Å². The molecule has 0 bridgehead atoms. The van der Waals surface area contributed by atoms with Gasteiger partial charge in [0.2, 0.25) is 11.8 Å². The third-order valence-corrected chi connectivity index (χ3v) is 2.22. The number of β-amino-alcohol motifs (C(OH)–C–C–N with tert-alkyl or cyclic N) is 1. The summed E-state index contributed by atoms with van der Waals surface area (Å²) in [5, 5.41) is 9.36. The van der Waals surface area contributed by atoms with E-state index < -0.39 is 6.10 Å². The van der Waals surface area contributed by atoms with Gasteiger partial charge in [-0.1, -0.05) is 6.92 Å². The van der Waals surface area contributed by atoms with Crippen molar-refractivity contribution in [1.29, 1.82) is 0 Å². The Morgan fingerprint density at radius 1 is 1.64 bits per heavy atom. The fourth-order valence-electron chi connectivity index (χ4n) is 1.50.